The van der Waals surface area contributed by atoms with Gasteiger partial charge in [0, 0.05) is 36.0 Å². The third kappa shape index (κ3) is 2.79. The van der Waals surface area contributed by atoms with Gasteiger partial charge in [0.15, 0.2) is 6.29 Å². The van der Waals surface area contributed by atoms with Crippen LogP contribution in [0.3, 0.4) is 0 Å². The topological polar surface area (TPSA) is 40.5 Å². The highest BCUT2D eigenvalue weighted by atomic mass is 35.5. The van der Waals surface area contributed by atoms with E-state index in [1.807, 2.05) is 12.1 Å². The number of carbonyl (C=O) groups is 1. The van der Waals surface area contributed by atoms with Crippen molar-refractivity contribution < 1.29 is 9.90 Å². The molecule has 1 fully saturated rings. The first-order valence-electron chi connectivity index (χ1n) is 5.85. The molecule has 92 valence electrons. The Kier molecular flexibility index (Phi) is 4.02. The fourth-order valence-corrected chi connectivity index (χ4v) is 2.44. The summed E-state index contributed by atoms with van der Waals surface area (Å²) >= 11 is 5.87. The number of hydrogen-bond acceptors (Lipinski definition) is 3. The number of benzene rings is 1. The number of aliphatic hydroxyl groups is 1. The third-order valence-corrected chi connectivity index (χ3v) is 3.57. The largest absolute Gasteiger partial charge is 0.396 e. The molecule has 1 N–H and O–H groups in total. The van der Waals surface area contributed by atoms with Crippen molar-refractivity contribution in [2.45, 2.75) is 12.8 Å². The normalized spacial score (nSPS) is 17.2. The predicted octanol–water partition coefficient (Wildman–Crippen LogP) is 2.36. The Morgan fingerprint density at radius 2 is 2.12 bits per heavy atom. The second-order valence-electron chi connectivity index (χ2n) is 4.43. The molecule has 0 spiro atoms. The lowest BCUT2D eigenvalue weighted by molar-refractivity contribution is 0.112. The number of rotatable bonds is 3. The molecule has 1 saturated heterocycles. The number of hydrogen-bond donors (Lipinski definition) is 1. The molecule has 1 heterocycles. The minimum atomic E-state index is 0.259. The average molecular weight is 254 g/mol. The van der Waals surface area contributed by atoms with Gasteiger partial charge in [-0.3, -0.25) is 4.79 Å². The molecular formula is C13H16ClNO2. The van der Waals surface area contributed by atoms with Crippen molar-refractivity contribution in [3.63, 3.8) is 0 Å². The van der Waals surface area contributed by atoms with E-state index in [9.17, 15) is 4.79 Å². The lowest BCUT2D eigenvalue weighted by atomic mass is 9.97. The van der Waals surface area contributed by atoms with Crippen LogP contribution in [-0.2, 0) is 0 Å². The smallest absolute Gasteiger partial charge is 0.152 e. The standard InChI is InChI=1S/C13H16ClNO2/c14-12-1-2-13(11(7-12)9-17)15-5-3-10(8-16)4-6-15/h1-2,7,9-10,16H,3-6,8H2. The van der Waals surface area contributed by atoms with Crippen molar-refractivity contribution in [2.75, 3.05) is 24.6 Å². The summed E-state index contributed by atoms with van der Waals surface area (Å²) in [4.78, 5) is 13.2. The van der Waals surface area contributed by atoms with Crippen molar-refractivity contribution >= 4 is 23.6 Å². The molecular weight excluding hydrogens is 238 g/mol. The van der Waals surface area contributed by atoms with Gasteiger partial charge in [-0.2, -0.15) is 0 Å². The van der Waals surface area contributed by atoms with Crippen molar-refractivity contribution in [3.8, 4) is 0 Å². The molecule has 0 amide bonds. The zero-order valence-corrected chi connectivity index (χ0v) is 10.4. The van der Waals surface area contributed by atoms with Crippen LogP contribution >= 0.6 is 11.6 Å². The molecule has 0 bridgehead atoms. The second-order valence-corrected chi connectivity index (χ2v) is 4.87. The van der Waals surface area contributed by atoms with Gasteiger partial charge in [-0.25, -0.2) is 0 Å². The Morgan fingerprint density at radius 3 is 2.71 bits per heavy atom. The van der Waals surface area contributed by atoms with E-state index < -0.39 is 0 Å². The molecule has 0 unspecified atom stereocenters. The Morgan fingerprint density at radius 1 is 1.41 bits per heavy atom. The van der Waals surface area contributed by atoms with Crippen molar-refractivity contribution in [1.29, 1.82) is 0 Å². The number of aliphatic hydroxyl groups excluding tert-OH is 1. The minimum absolute atomic E-state index is 0.259. The molecule has 0 saturated carbocycles. The van der Waals surface area contributed by atoms with Gasteiger partial charge >= 0.3 is 0 Å². The number of carbonyl (C=O) groups excluding carboxylic acids is 1. The van der Waals surface area contributed by atoms with Crippen molar-refractivity contribution in [2.24, 2.45) is 5.92 Å². The van der Waals surface area contributed by atoms with E-state index in [1.165, 1.54) is 0 Å². The van der Waals surface area contributed by atoms with Gasteiger partial charge in [0.25, 0.3) is 0 Å². The summed E-state index contributed by atoms with van der Waals surface area (Å²) in [7, 11) is 0. The zero-order valence-electron chi connectivity index (χ0n) is 9.60. The monoisotopic (exact) mass is 253 g/mol. The lowest BCUT2D eigenvalue weighted by Crippen LogP contribution is -2.35. The van der Waals surface area contributed by atoms with Crippen molar-refractivity contribution in [3.05, 3.63) is 28.8 Å². The van der Waals surface area contributed by atoms with E-state index in [2.05, 4.69) is 4.90 Å². The van der Waals surface area contributed by atoms with E-state index in [1.54, 1.807) is 6.07 Å². The first kappa shape index (κ1) is 12.4. The summed E-state index contributed by atoms with van der Waals surface area (Å²) in [5.74, 6) is 0.401. The number of halogens is 1. The summed E-state index contributed by atoms with van der Waals surface area (Å²) in [6.07, 6.45) is 2.79. The average Bonchev–Trinajstić information content (AvgIpc) is 2.39. The maximum Gasteiger partial charge on any atom is 0.152 e. The van der Waals surface area contributed by atoms with E-state index >= 15 is 0 Å². The van der Waals surface area contributed by atoms with Crippen molar-refractivity contribution in [1.82, 2.24) is 0 Å². The first-order chi connectivity index (χ1) is 8.24. The molecule has 2 rings (SSSR count). The highest BCUT2D eigenvalue weighted by molar-refractivity contribution is 6.31. The first-order valence-corrected chi connectivity index (χ1v) is 6.23. The fraction of sp³-hybridized carbons (Fsp3) is 0.462. The van der Waals surface area contributed by atoms with E-state index in [4.69, 9.17) is 16.7 Å². The van der Waals surface area contributed by atoms with Crippen LogP contribution in [0.2, 0.25) is 5.02 Å². The van der Waals surface area contributed by atoms with Gasteiger partial charge in [-0.05, 0) is 37.0 Å². The summed E-state index contributed by atoms with van der Waals surface area (Å²) in [5.41, 5.74) is 1.58. The molecule has 0 radical (unpaired) electrons. The summed E-state index contributed by atoms with van der Waals surface area (Å²) in [6, 6.07) is 5.40. The van der Waals surface area contributed by atoms with Crippen LogP contribution < -0.4 is 4.90 Å². The summed E-state index contributed by atoms with van der Waals surface area (Å²) < 4.78 is 0. The maximum atomic E-state index is 11.0. The third-order valence-electron chi connectivity index (χ3n) is 3.33. The van der Waals surface area contributed by atoms with Crippen LogP contribution in [0.4, 0.5) is 5.69 Å². The Balaban J connectivity index is 2.15. The van der Waals surface area contributed by atoms with Crippen LogP contribution in [0.1, 0.15) is 23.2 Å². The van der Waals surface area contributed by atoms with Crippen LogP contribution in [-0.4, -0.2) is 31.1 Å². The van der Waals surface area contributed by atoms with E-state index in [0.29, 0.717) is 16.5 Å². The SMILES string of the molecule is O=Cc1cc(Cl)ccc1N1CCC(CO)CC1. The Bertz CT molecular complexity index is 400. The number of nitrogens with zero attached hydrogens (tertiary/aromatic N) is 1. The van der Waals surface area contributed by atoms with Crippen LogP contribution in [0, 0.1) is 5.92 Å². The summed E-state index contributed by atoms with van der Waals surface area (Å²) in [5, 5.41) is 9.68. The number of piperidine rings is 1. The van der Waals surface area contributed by atoms with Crippen LogP contribution in [0.5, 0.6) is 0 Å². The van der Waals surface area contributed by atoms with E-state index in [-0.39, 0.29) is 6.61 Å². The molecule has 1 aliphatic heterocycles. The molecule has 0 aliphatic carbocycles. The number of aldehydes is 1. The van der Waals surface area contributed by atoms with Crippen LogP contribution in [0.25, 0.3) is 0 Å². The van der Waals surface area contributed by atoms with Gasteiger partial charge in [-0.1, -0.05) is 11.6 Å². The Hall–Kier alpha value is -1.06. The van der Waals surface area contributed by atoms with Gasteiger partial charge in [-0.15, -0.1) is 0 Å². The quantitative estimate of drug-likeness (QED) is 0.841. The van der Waals surface area contributed by atoms with Gasteiger partial charge in [0.1, 0.15) is 0 Å². The molecule has 1 aromatic rings. The highest BCUT2D eigenvalue weighted by Crippen LogP contribution is 2.27. The molecule has 0 aromatic heterocycles. The van der Waals surface area contributed by atoms with E-state index in [0.717, 1.165) is 37.9 Å². The second kappa shape index (κ2) is 5.52. The molecule has 1 aliphatic rings. The van der Waals surface area contributed by atoms with Crippen LogP contribution in [0.15, 0.2) is 18.2 Å². The lowest BCUT2D eigenvalue weighted by Gasteiger charge is -2.33. The highest BCUT2D eigenvalue weighted by Gasteiger charge is 2.20. The summed E-state index contributed by atoms with van der Waals surface area (Å²) in [6.45, 7) is 2.02. The van der Waals surface area contributed by atoms with Gasteiger partial charge in [0.05, 0.1) is 0 Å². The predicted molar refractivity (Wildman–Crippen MR) is 68.9 cm³/mol. The Labute approximate surface area is 106 Å². The molecule has 4 heteroatoms. The molecule has 17 heavy (non-hydrogen) atoms. The zero-order chi connectivity index (χ0) is 12.3. The molecule has 3 nitrogen and oxygen atoms in total. The van der Waals surface area contributed by atoms with Gasteiger partial charge < -0.3 is 10.0 Å². The fourth-order valence-electron chi connectivity index (χ4n) is 2.26. The van der Waals surface area contributed by atoms with Gasteiger partial charge in [0.2, 0.25) is 0 Å². The molecule has 0 atom stereocenters. The maximum absolute atomic E-state index is 11.0. The number of anilines is 1. The minimum Gasteiger partial charge on any atom is -0.396 e. The molecule has 1 aromatic carbocycles.